The normalized spacial score (nSPS) is 17.4. The van der Waals surface area contributed by atoms with Crippen LogP contribution in [-0.4, -0.2) is 47.8 Å². The van der Waals surface area contributed by atoms with Crippen LogP contribution in [0, 0.1) is 23.0 Å². The number of nitrogens with one attached hydrogen (secondary N) is 1. The highest BCUT2D eigenvalue weighted by Crippen LogP contribution is 2.26. The second-order valence-electron chi connectivity index (χ2n) is 5.90. The molecule has 0 aliphatic carbocycles. The molecule has 0 aromatic heterocycles. The average Bonchev–Trinajstić information content (AvgIpc) is 2.58. The van der Waals surface area contributed by atoms with Crippen LogP contribution in [0.3, 0.4) is 0 Å². The summed E-state index contributed by atoms with van der Waals surface area (Å²) in [4.78, 5) is 37.1. The predicted molar refractivity (Wildman–Crippen MR) is 88.5 cm³/mol. The number of carbonyl (C=O) groups is 2. The third-order valence-electron chi connectivity index (χ3n) is 4.18. The van der Waals surface area contributed by atoms with Gasteiger partial charge in [-0.25, -0.2) is 0 Å². The van der Waals surface area contributed by atoms with Crippen molar-refractivity contribution in [2.45, 2.75) is 19.8 Å². The first-order valence-electron chi connectivity index (χ1n) is 7.96. The highest BCUT2D eigenvalue weighted by Gasteiger charge is 2.32. The molecule has 2 amide bonds. The molecule has 0 spiro atoms. The van der Waals surface area contributed by atoms with Crippen LogP contribution >= 0.6 is 0 Å². The van der Waals surface area contributed by atoms with Crippen molar-refractivity contribution in [3.05, 3.63) is 39.4 Å². The van der Waals surface area contributed by atoms with Gasteiger partial charge in [-0.15, -0.1) is 0 Å². The molecular weight excluding hydrogens is 312 g/mol. The summed E-state index contributed by atoms with van der Waals surface area (Å²) in [7, 11) is 0. The second kappa shape index (κ2) is 7.87. The maximum Gasteiger partial charge on any atom is 0.282 e. The number of benzene rings is 1. The lowest BCUT2D eigenvalue weighted by molar-refractivity contribution is -0.385. The van der Waals surface area contributed by atoms with E-state index >= 15 is 0 Å². The fourth-order valence-electron chi connectivity index (χ4n) is 2.96. The minimum atomic E-state index is -0.546. The molecule has 1 aromatic carbocycles. The van der Waals surface area contributed by atoms with Crippen molar-refractivity contribution in [1.29, 1.82) is 0 Å². The van der Waals surface area contributed by atoms with Gasteiger partial charge in [0.15, 0.2) is 0 Å². The molecule has 1 saturated heterocycles. The Morgan fingerprint density at radius 2 is 2.21 bits per heavy atom. The van der Waals surface area contributed by atoms with Crippen LogP contribution in [0.25, 0.3) is 0 Å². The lowest BCUT2D eigenvalue weighted by Crippen LogP contribution is -2.46. The van der Waals surface area contributed by atoms with Crippen LogP contribution in [0.5, 0.6) is 0 Å². The summed E-state index contributed by atoms with van der Waals surface area (Å²) < 4.78 is 0. The summed E-state index contributed by atoms with van der Waals surface area (Å²) in [5.74, 6) is -0.828. The van der Waals surface area contributed by atoms with Gasteiger partial charge in [0.1, 0.15) is 5.56 Å². The largest absolute Gasteiger partial charge is 0.355 e. The first-order valence-corrected chi connectivity index (χ1v) is 7.96. The lowest BCUT2D eigenvalue weighted by atomic mass is 9.95. The summed E-state index contributed by atoms with van der Waals surface area (Å²) in [5.41, 5.74) is 5.84. The summed E-state index contributed by atoms with van der Waals surface area (Å²) in [6, 6.07) is 4.56. The topological polar surface area (TPSA) is 119 Å². The number of carbonyl (C=O) groups excluding carboxylic acids is 2. The van der Waals surface area contributed by atoms with Crippen LogP contribution in [-0.2, 0) is 4.79 Å². The van der Waals surface area contributed by atoms with E-state index in [1.807, 2.05) is 0 Å². The number of rotatable bonds is 5. The van der Waals surface area contributed by atoms with Crippen molar-refractivity contribution in [3.8, 4) is 0 Å². The van der Waals surface area contributed by atoms with Crippen molar-refractivity contribution >= 4 is 17.5 Å². The highest BCUT2D eigenvalue weighted by atomic mass is 16.6. The molecule has 0 saturated carbocycles. The summed E-state index contributed by atoms with van der Waals surface area (Å²) >= 11 is 0. The number of hydrogen-bond donors (Lipinski definition) is 2. The van der Waals surface area contributed by atoms with Crippen LogP contribution in [0.4, 0.5) is 5.69 Å². The van der Waals surface area contributed by atoms with Gasteiger partial charge in [-0.1, -0.05) is 12.1 Å². The highest BCUT2D eigenvalue weighted by molar-refractivity contribution is 6.00. The molecule has 3 N–H and O–H groups in total. The van der Waals surface area contributed by atoms with Gasteiger partial charge in [0.05, 0.1) is 10.8 Å². The van der Waals surface area contributed by atoms with Crippen LogP contribution < -0.4 is 11.1 Å². The summed E-state index contributed by atoms with van der Waals surface area (Å²) in [5, 5.41) is 13.9. The van der Waals surface area contributed by atoms with E-state index < -0.39 is 10.8 Å². The number of nitrogens with two attached hydrogens (primary N) is 1. The van der Waals surface area contributed by atoms with Crippen LogP contribution in [0.2, 0.25) is 0 Å². The zero-order chi connectivity index (χ0) is 17.7. The van der Waals surface area contributed by atoms with E-state index in [0.717, 1.165) is 0 Å². The Labute approximate surface area is 140 Å². The molecule has 1 aliphatic rings. The third kappa shape index (κ3) is 3.88. The van der Waals surface area contributed by atoms with Gasteiger partial charge in [0.2, 0.25) is 5.91 Å². The molecule has 0 bridgehead atoms. The number of nitrogens with zero attached hydrogens (tertiary/aromatic N) is 2. The minimum absolute atomic E-state index is 0.102. The fourth-order valence-corrected chi connectivity index (χ4v) is 2.96. The molecule has 1 heterocycles. The van der Waals surface area contributed by atoms with E-state index in [9.17, 15) is 19.7 Å². The Morgan fingerprint density at radius 1 is 1.46 bits per heavy atom. The lowest BCUT2D eigenvalue weighted by Gasteiger charge is -2.32. The average molecular weight is 334 g/mol. The van der Waals surface area contributed by atoms with Gasteiger partial charge >= 0.3 is 0 Å². The number of piperidine rings is 1. The Kier molecular flexibility index (Phi) is 5.86. The number of amides is 2. The summed E-state index contributed by atoms with van der Waals surface area (Å²) in [6.45, 7) is 3.18. The number of likely N-dealkylation sites (tertiary alicyclic amines) is 1. The first-order chi connectivity index (χ1) is 11.5. The second-order valence-corrected chi connectivity index (χ2v) is 5.90. The molecule has 24 heavy (non-hydrogen) atoms. The monoisotopic (exact) mass is 334 g/mol. The number of nitro benzene ring substituents is 1. The van der Waals surface area contributed by atoms with Crippen molar-refractivity contribution in [2.24, 2.45) is 11.7 Å². The van der Waals surface area contributed by atoms with Gasteiger partial charge in [0.25, 0.3) is 11.6 Å². The first kappa shape index (κ1) is 17.9. The van der Waals surface area contributed by atoms with Gasteiger partial charge in [-0.05, 0) is 25.3 Å². The van der Waals surface area contributed by atoms with E-state index in [1.54, 1.807) is 19.1 Å². The van der Waals surface area contributed by atoms with Crippen molar-refractivity contribution in [1.82, 2.24) is 10.2 Å². The molecule has 1 fully saturated rings. The van der Waals surface area contributed by atoms with Crippen LogP contribution in [0.15, 0.2) is 18.2 Å². The minimum Gasteiger partial charge on any atom is -0.355 e. The van der Waals surface area contributed by atoms with E-state index in [0.29, 0.717) is 38.0 Å². The molecule has 8 heteroatoms. The Hall–Kier alpha value is -2.48. The van der Waals surface area contributed by atoms with Gasteiger partial charge in [0, 0.05) is 32.2 Å². The fraction of sp³-hybridized carbons (Fsp3) is 0.500. The molecule has 2 rings (SSSR count). The predicted octanol–water partition coefficient (Wildman–Crippen LogP) is 0.830. The van der Waals surface area contributed by atoms with E-state index in [4.69, 9.17) is 5.73 Å². The van der Waals surface area contributed by atoms with Crippen molar-refractivity contribution in [3.63, 3.8) is 0 Å². The molecule has 1 aromatic rings. The van der Waals surface area contributed by atoms with Gasteiger partial charge < -0.3 is 16.0 Å². The third-order valence-corrected chi connectivity index (χ3v) is 4.18. The maximum absolute atomic E-state index is 12.8. The standard InChI is InChI=1S/C16H22N4O4/c1-11-4-2-6-13(20(23)24)14(11)16(22)19-9-3-5-12(10-19)15(21)18-8-7-17/h2,4,6,12H,3,5,7-10,17H2,1H3,(H,18,21). The van der Waals surface area contributed by atoms with Gasteiger partial charge in [-0.3, -0.25) is 19.7 Å². The smallest absolute Gasteiger partial charge is 0.282 e. The quantitative estimate of drug-likeness (QED) is 0.611. The molecule has 1 unspecified atom stereocenters. The number of hydrogen-bond acceptors (Lipinski definition) is 5. The Bertz CT molecular complexity index is 647. The molecule has 8 nitrogen and oxygen atoms in total. The number of aryl methyl sites for hydroxylation is 1. The number of nitro groups is 1. The van der Waals surface area contributed by atoms with Crippen molar-refractivity contribution < 1.29 is 14.5 Å². The van der Waals surface area contributed by atoms with Crippen molar-refractivity contribution in [2.75, 3.05) is 26.2 Å². The molecule has 1 aliphatic heterocycles. The molecule has 1 atom stereocenters. The maximum atomic E-state index is 12.8. The Balaban J connectivity index is 2.18. The van der Waals surface area contributed by atoms with Crippen LogP contribution in [0.1, 0.15) is 28.8 Å². The zero-order valence-electron chi connectivity index (χ0n) is 13.7. The zero-order valence-corrected chi connectivity index (χ0v) is 13.7. The SMILES string of the molecule is Cc1cccc([N+](=O)[O-])c1C(=O)N1CCCC(C(=O)NCCN)C1. The van der Waals surface area contributed by atoms with E-state index in [-0.39, 0.29) is 29.6 Å². The molecular formula is C16H22N4O4. The van der Waals surface area contributed by atoms with Gasteiger partial charge in [-0.2, -0.15) is 0 Å². The molecule has 130 valence electrons. The van der Waals surface area contributed by atoms with E-state index in [1.165, 1.54) is 11.0 Å². The summed E-state index contributed by atoms with van der Waals surface area (Å²) in [6.07, 6.45) is 1.38. The van der Waals surface area contributed by atoms with E-state index in [2.05, 4.69) is 5.32 Å². The Morgan fingerprint density at radius 3 is 2.88 bits per heavy atom. The molecule has 0 radical (unpaired) electrons.